The van der Waals surface area contributed by atoms with Crippen molar-refractivity contribution in [2.24, 2.45) is 0 Å². The first-order valence-electron chi connectivity index (χ1n) is 8.08. The van der Waals surface area contributed by atoms with Crippen molar-refractivity contribution in [2.75, 3.05) is 6.61 Å². The summed E-state index contributed by atoms with van der Waals surface area (Å²) in [7, 11) is -4.17. The molecule has 6 heteroatoms. The van der Waals surface area contributed by atoms with Gasteiger partial charge in [0.25, 0.3) is 0 Å². The van der Waals surface area contributed by atoms with Gasteiger partial charge in [0.05, 0.1) is 10.1 Å². The summed E-state index contributed by atoms with van der Waals surface area (Å²) >= 11 is 0. The van der Waals surface area contributed by atoms with Crippen LogP contribution in [0.4, 0.5) is 0 Å². The van der Waals surface area contributed by atoms with Crippen LogP contribution in [0.15, 0.2) is 0 Å². The summed E-state index contributed by atoms with van der Waals surface area (Å²) in [6.45, 7) is 2.31. The predicted molar refractivity (Wildman–Crippen MR) is 81.6 cm³/mol. The number of hydrogen-bond donors (Lipinski definition) is 1. The maximum absolute atomic E-state index is 11.2. The zero-order valence-corrected chi connectivity index (χ0v) is 16.7. The molecule has 0 saturated heterocycles. The Morgan fingerprint density at radius 3 is 1.71 bits per heavy atom. The number of aliphatic hydroxyl groups is 1. The first kappa shape index (κ1) is 24.1. The summed E-state index contributed by atoms with van der Waals surface area (Å²) in [6, 6.07) is 0. The molecule has 0 aromatic rings. The molecule has 0 spiro atoms. The van der Waals surface area contributed by atoms with Crippen LogP contribution in [0.3, 0.4) is 0 Å². The summed E-state index contributed by atoms with van der Waals surface area (Å²) in [5.74, 6) is 0. The van der Waals surface area contributed by atoms with Crippen LogP contribution in [0.25, 0.3) is 0 Å². The van der Waals surface area contributed by atoms with E-state index >= 15 is 0 Å². The summed E-state index contributed by atoms with van der Waals surface area (Å²) in [4.78, 5) is 0. The molecular formula is C15H31NaO4S. The van der Waals surface area contributed by atoms with Gasteiger partial charge in [0.15, 0.2) is 0 Å². The molecule has 0 aromatic carbocycles. The van der Waals surface area contributed by atoms with Crippen LogP contribution < -0.4 is 29.6 Å². The van der Waals surface area contributed by atoms with E-state index in [0.29, 0.717) is 25.7 Å². The van der Waals surface area contributed by atoms with Crippen molar-refractivity contribution in [1.82, 2.24) is 0 Å². The van der Waals surface area contributed by atoms with Crippen molar-refractivity contribution in [3.63, 3.8) is 0 Å². The smallest absolute Gasteiger partial charge is 0.748 e. The second-order valence-corrected chi connectivity index (χ2v) is 7.25. The Bertz CT molecular complexity index is 307. The number of unbranched alkanes of at least 4 members (excludes halogenated alkanes) is 8. The molecular weight excluding hydrogens is 299 g/mol. The molecule has 0 aliphatic rings. The van der Waals surface area contributed by atoms with Gasteiger partial charge >= 0.3 is 29.6 Å². The Hall–Kier alpha value is 0.870. The standard InChI is InChI=1S/C15H32O4S.Na/c1-2-3-4-5-6-7-9-12-15(20(17,18)19)13-10-8-11-14-16;/h15-16H,2-14H2,1H3,(H,17,18,19);/q;+1/p-1. The Labute approximate surface area is 153 Å². The molecule has 0 amide bonds. The molecule has 0 heterocycles. The molecule has 1 atom stereocenters. The average Bonchev–Trinajstić information content (AvgIpc) is 2.38. The van der Waals surface area contributed by atoms with Crippen molar-refractivity contribution in [1.29, 1.82) is 0 Å². The fourth-order valence-electron chi connectivity index (χ4n) is 2.42. The molecule has 0 saturated carbocycles. The van der Waals surface area contributed by atoms with Gasteiger partial charge in [-0.05, 0) is 19.3 Å². The van der Waals surface area contributed by atoms with Crippen molar-refractivity contribution in [3.8, 4) is 0 Å². The molecule has 0 radical (unpaired) electrons. The van der Waals surface area contributed by atoms with E-state index in [-0.39, 0.29) is 36.2 Å². The molecule has 21 heavy (non-hydrogen) atoms. The number of aliphatic hydroxyl groups excluding tert-OH is 1. The zero-order valence-electron chi connectivity index (χ0n) is 13.8. The predicted octanol–water partition coefficient (Wildman–Crippen LogP) is 0.598. The minimum Gasteiger partial charge on any atom is -0.748 e. The molecule has 4 nitrogen and oxygen atoms in total. The van der Waals surface area contributed by atoms with Crippen LogP contribution in [-0.2, 0) is 10.1 Å². The summed E-state index contributed by atoms with van der Waals surface area (Å²) in [5, 5.41) is 7.95. The summed E-state index contributed by atoms with van der Waals surface area (Å²) in [5.41, 5.74) is 0. The first-order valence-corrected chi connectivity index (χ1v) is 9.55. The van der Waals surface area contributed by atoms with E-state index in [1.54, 1.807) is 0 Å². The third-order valence-electron chi connectivity index (χ3n) is 3.72. The van der Waals surface area contributed by atoms with Crippen molar-refractivity contribution >= 4 is 10.1 Å². The van der Waals surface area contributed by atoms with Gasteiger partial charge in [0.1, 0.15) is 0 Å². The van der Waals surface area contributed by atoms with E-state index in [0.717, 1.165) is 25.7 Å². The van der Waals surface area contributed by atoms with E-state index in [9.17, 15) is 13.0 Å². The van der Waals surface area contributed by atoms with Crippen molar-refractivity contribution < 1.29 is 47.6 Å². The minimum atomic E-state index is -4.17. The zero-order chi connectivity index (χ0) is 15.3. The topological polar surface area (TPSA) is 77.4 Å². The Morgan fingerprint density at radius 1 is 0.857 bits per heavy atom. The van der Waals surface area contributed by atoms with Gasteiger partial charge in [-0.1, -0.05) is 64.7 Å². The third kappa shape index (κ3) is 15.5. The SMILES string of the molecule is CCCCCCCCCC(CCCCCO)S(=O)(=O)[O-].[Na+]. The van der Waals surface area contributed by atoms with Crippen LogP contribution in [0, 0.1) is 0 Å². The molecule has 0 aliphatic heterocycles. The maximum Gasteiger partial charge on any atom is 1.00 e. The molecule has 122 valence electrons. The quantitative estimate of drug-likeness (QED) is 0.287. The fraction of sp³-hybridized carbons (Fsp3) is 1.00. The van der Waals surface area contributed by atoms with Crippen LogP contribution in [-0.4, -0.2) is 29.9 Å². The van der Waals surface area contributed by atoms with Gasteiger partial charge in [-0.3, -0.25) is 0 Å². The first-order chi connectivity index (χ1) is 9.52. The molecule has 0 aromatic heterocycles. The van der Waals surface area contributed by atoms with Crippen LogP contribution in [0.5, 0.6) is 0 Å². The van der Waals surface area contributed by atoms with Gasteiger partial charge in [0, 0.05) is 11.9 Å². The summed E-state index contributed by atoms with van der Waals surface area (Å²) < 4.78 is 33.6. The maximum atomic E-state index is 11.2. The van der Waals surface area contributed by atoms with Crippen molar-refractivity contribution in [2.45, 2.75) is 89.2 Å². The third-order valence-corrected chi connectivity index (χ3v) is 5.01. The van der Waals surface area contributed by atoms with Gasteiger partial charge in [-0.25, -0.2) is 8.42 Å². The second kappa shape index (κ2) is 15.8. The van der Waals surface area contributed by atoms with E-state index in [1.807, 2.05) is 0 Å². The Morgan fingerprint density at radius 2 is 1.29 bits per heavy atom. The molecule has 0 bridgehead atoms. The molecule has 0 rings (SSSR count). The largest absolute Gasteiger partial charge is 1.00 e. The number of rotatable bonds is 14. The molecule has 1 N–H and O–H groups in total. The van der Waals surface area contributed by atoms with E-state index < -0.39 is 15.4 Å². The van der Waals surface area contributed by atoms with Crippen molar-refractivity contribution in [3.05, 3.63) is 0 Å². The Balaban J connectivity index is 0. The monoisotopic (exact) mass is 330 g/mol. The van der Waals surface area contributed by atoms with Gasteiger partial charge in [0.2, 0.25) is 0 Å². The van der Waals surface area contributed by atoms with Crippen LogP contribution in [0.2, 0.25) is 0 Å². The van der Waals surface area contributed by atoms with E-state index in [2.05, 4.69) is 6.92 Å². The fourth-order valence-corrected chi connectivity index (χ4v) is 3.33. The second-order valence-electron chi connectivity index (χ2n) is 5.60. The average molecular weight is 330 g/mol. The molecule has 1 unspecified atom stereocenters. The normalized spacial score (nSPS) is 12.9. The Kier molecular flexibility index (Phi) is 18.1. The minimum absolute atomic E-state index is 0. The summed E-state index contributed by atoms with van der Waals surface area (Å²) in [6.07, 6.45) is 11.1. The van der Waals surface area contributed by atoms with E-state index in [1.165, 1.54) is 25.7 Å². The van der Waals surface area contributed by atoms with Gasteiger partial charge in [-0.15, -0.1) is 0 Å². The number of hydrogen-bond acceptors (Lipinski definition) is 4. The molecule has 0 fully saturated rings. The van der Waals surface area contributed by atoms with Gasteiger partial charge in [-0.2, -0.15) is 0 Å². The molecule has 0 aliphatic carbocycles. The van der Waals surface area contributed by atoms with Crippen LogP contribution >= 0.6 is 0 Å². The van der Waals surface area contributed by atoms with Gasteiger partial charge < -0.3 is 9.66 Å². The van der Waals surface area contributed by atoms with Crippen LogP contribution in [0.1, 0.15) is 84.0 Å². The van der Waals surface area contributed by atoms with E-state index in [4.69, 9.17) is 5.11 Å².